The van der Waals surface area contributed by atoms with Crippen LogP contribution >= 0.6 is 0 Å². The van der Waals surface area contributed by atoms with E-state index >= 15 is 0 Å². The Morgan fingerprint density at radius 2 is 1.55 bits per heavy atom. The predicted molar refractivity (Wildman–Crippen MR) is 129 cm³/mol. The normalized spacial score (nSPS) is 13.9. The van der Waals surface area contributed by atoms with E-state index < -0.39 is 0 Å². The van der Waals surface area contributed by atoms with Crippen LogP contribution in [0.25, 0.3) is 22.8 Å². The second-order valence-corrected chi connectivity index (χ2v) is 8.36. The highest BCUT2D eigenvalue weighted by molar-refractivity contribution is 5.94. The zero-order valence-electron chi connectivity index (χ0n) is 18.9. The number of piperazine rings is 1. The largest absolute Gasteiger partial charge is 0.368 e. The molecule has 0 bridgehead atoms. The van der Waals surface area contributed by atoms with Crippen molar-refractivity contribution in [2.75, 3.05) is 31.1 Å². The lowest BCUT2D eigenvalue weighted by molar-refractivity contribution is 0.0747. The molecule has 3 aromatic carbocycles. The van der Waals surface area contributed by atoms with Crippen LogP contribution < -0.4 is 4.90 Å². The average molecular weight is 439 g/mol. The number of amides is 1. The summed E-state index contributed by atoms with van der Waals surface area (Å²) in [4.78, 5) is 21.8. The van der Waals surface area contributed by atoms with E-state index in [1.54, 1.807) is 0 Å². The van der Waals surface area contributed by atoms with E-state index in [1.807, 2.05) is 59.5 Å². The molecule has 1 aliphatic rings. The number of aromatic nitrogens is 2. The van der Waals surface area contributed by atoms with Crippen LogP contribution in [0.5, 0.6) is 0 Å². The Labute approximate surface area is 193 Å². The van der Waals surface area contributed by atoms with Gasteiger partial charge in [-0.3, -0.25) is 4.79 Å². The van der Waals surface area contributed by atoms with E-state index in [2.05, 4.69) is 47.1 Å². The molecule has 0 unspecified atom stereocenters. The van der Waals surface area contributed by atoms with Gasteiger partial charge in [-0.1, -0.05) is 47.6 Å². The van der Waals surface area contributed by atoms with Gasteiger partial charge in [0.1, 0.15) is 0 Å². The molecule has 0 aliphatic carbocycles. The van der Waals surface area contributed by atoms with Gasteiger partial charge in [0, 0.05) is 48.6 Å². The van der Waals surface area contributed by atoms with E-state index in [4.69, 9.17) is 4.52 Å². The molecular formula is C27H26N4O2. The van der Waals surface area contributed by atoms with Gasteiger partial charge in [0.05, 0.1) is 0 Å². The molecule has 5 rings (SSSR count). The standard InChI is InChI=1S/C27H26N4O2/c1-19-7-6-10-24(20(19)2)30-15-17-31(18-16-30)27(32)23-13-11-22(12-14-23)26-28-25(29-33-26)21-8-4-3-5-9-21/h3-14H,15-18H2,1-2H3. The SMILES string of the molecule is Cc1cccc(N2CCN(C(=O)c3ccc(-c4nc(-c5ccccc5)no4)cc3)CC2)c1C. The number of benzene rings is 3. The van der Waals surface area contributed by atoms with Crippen molar-refractivity contribution >= 4 is 11.6 Å². The molecule has 0 radical (unpaired) electrons. The molecule has 0 atom stereocenters. The summed E-state index contributed by atoms with van der Waals surface area (Å²) in [5.74, 6) is 1.04. The second-order valence-electron chi connectivity index (χ2n) is 8.36. The number of anilines is 1. The van der Waals surface area contributed by atoms with Gasteiger partial charge < -0.3 is 14.3 Å². The van der Waals surface area contributed by atoms with E-state index in [0.29, 0.717) is 30.4 Å². The smallest absolute Gasteiger partial charge is 0.258 e. The average Bonchev–Trinajstić information content (AvgIpc) is 3.37. The quantitative estimate of drug-likeness (QED) is 0.450. The van der Waals surface area contributed by atoms with Crippen LogP contribution in [0.2, 0.25) is 0 Å². The third-order valence-corrected chi connectivity index (χ3v) is 6.32. The van der Waals surface area contributed by atoms with E-state index in [1.165, 1.54) is 16.8 Å². The van der Waals surface area contributed by atoms with E-state index in [-0.39, 0.29) is 5.91 Å². The van der Waals surface area contributed by atoms with Crippen molar-refractivity contribution in [3.05, 3.63) is 89.5 Å². The molecule has 6 heteroatoms. The maximum absolute atomic E-state index is 13.1. The predicted octanol–water partition coefficient (Wildman–Crippen LogP) is 4.98. The molecule has 1 amide bonds. The zero-order valence-corrected chi connectivity index (χ0v) is 18.9. The summed E-state index contributed by atoms with van der Waals surface area (Å²) in [5.41, 5.74) is 6.23. The molecule has 4 aromatic rings. The fourth-order valence-corrected chi connectivity index (χ4v) is 4.21. The molecule has 0 saturated carbocycles. The Morgan fingerprint density at radius 1 is 0.818 bits per heavy atom. The Bertz CT molecular complexity index is 1260. The number of hydrogen-bond acceptors (Lipinski definition) is 5. The van der Waals surface area contributed by atoms with Crippen LogP contribution in [0.15, 0.2) is 77.3 Å². The van der Waals surface area contributed by atoms with Crippen LogP contribution in [0, 0.1) is 13.8 Å². The summed E-state index contributed by atoms with van der Waals surface area (Å²) in [6.45, 7) is 7.38. The van der Waals surface area contributed by atoms with Crippen LogP contribution in [-0.4, -0.2) is 47.1 Å². The second kappa shape index (κ2) is 8.90. The highest BCUT2D eigenvalue weighted by Gasteiger charge is 2.23. The number of carbonyl (C=O) groups excluding carboxylic acids is 1. The van der Waals surface area contributed by atoms with Crippen LogP contribution in [0.3, 0.4) is 0 Å². The fraction of sp³-hybridized carbons (Fsp3) is 0.222. The lowest BCUT2D eigenvalue weighted by atomic mass is 10.1. The van der Waals surface area contributed by atoms with Crippen molar-refractivity contribution < 1.29 is 9.32 Å². The molecule has 166 valence electrons. The molecule has 1 aromatic heterocycles. The van der Waals surface area contributed by atoms with E-state index in [0.717, 1.165) is 24.2 Å². The maximum atomic E-state index is 13.1. The molecular weight excluding hydrogens is 412 g/mol. The molecule has 1 saturated heterocycles. The van der Waals surface area contributed by atoms with Gasteiger partial charge in [0.15, 0.2) is 0 Å². The van der Waals surface area contributed by atoms with Crippen molar-refractivity contribution in [1.82, 2.24) is 15.0 Å². The van der Waals surface area contributed by atoms with Crippen molar-refractivity contribution in [2.24, 2.45) is 0 Å². The van der Waals surface area contributed by atoms with Gasteiger partial charge >= 0.3 is 0 Å². The molecule has 2 heterocycles. The first-order valence-corrected chi connectivity index (χ1v) is 11.2. The highest BCUT2D eigenvalue weighted by atomic mass is 16.5. The molecule has 0 N–H and O–H groups in total. The minimum absolute atomic E-state index is 0.0534. The van der Waals surface area contributed by atoms with Gasteiger partial charge in [0.2, 0.25) is 5.82 Å². The summed E-state index contributed by atoms with van der Waals surface area (Å²) < 4.78 is 5.43. The lowest BCUT2D eigenvalue weighted by Crippen LogP contribution is -2.49. The highest BCUT2D eigenvalue weighted by Crippen LogP contribution is 2.25. The number of aryl methyl sites for hydroxylation is 1. The first kappa shape index (κ1) is 20.9. The summed E-state index contributed by atoms with van der Waals surface area (Å²) >= 11 is 0. The van der Waals surface area contributed by atoms with Crippen LogP contribution in [0.1, 0.15) is 21.5 Å². The minimum Gasteiger partial charge on any atom is -0.368 e. The van der Waals surface area contributed by atoms with Gasteiger partial charge in [0.25, 0.3) is 11.8 Å². The summed E-state index contributed by atoms with van der Waals surface area (Å²) in [6.07, 6.45) is 0. The molecule has 1 aliphatic heterocycles. The first-order chi connectivity index (χ1) is 16.1. The molecule has 33 heavy (non-hydrogen) atoms. The third kappa shape index (κ3) is 4.24. The topological polar surface area (TPSA) is 62.5 Å². The molecule has 6 nitrogen and oxygen atoms in total. The van der Waals surface area contributed by atoms with E-state index in [9.17, 15) is 4.79 Å². The summed E-state index contributed by atoms with van der Waals surface area (Å²) in [7, 11) is 0. The Morgan fingerprint density at radius 3 is 2.27 bits per heavy atom. The summed E-state index contributed by atoms with van der Waals surface area (Å²) in [5, 5.41) is 4.07. The van der Waals surface area contributed by atoms with Crippen molar-refractivity contribution in [3.8, 4) is 22.8 Å². The summed E-state index contributed by atoms with van der Waals surface area (Å²) in [6, 6.07) is 23.5. The van der Waals surface area contributed by atoms with Crippen molar-refractivity contribution in [3.63, 3.8) is 0 Å². The van der Waals surface area contributed by atoms with Gasteiger partial charge in [-0.15, -0.1) is 0 Å². The molecule has 1 fully saturated rings. The number of nitrogens with zero attached hydrogens (tertiary/aromatic N) is 4. The first-order valence-electron chi connectivity index (χ1n) is 11.2. The monoisotopic (exact) mass is 438 g/mol. The zero-order chi connectivity index (χ0) is 22.8. The van der Waals surface area contributed by atoms with Gasteiger partial charge in [-0.2, -0.15) is 4.98 Å². The Kier molecular flexibility index (Phi) is 5.65. The van der Waals surface area contributed by atoms with Crippen molar-refractivity contribution in [1.29, 1.82) is 0 Å². The van der Waals surface area contributed by atoms with Crippen LogP contribution in [0.4, 0.5) is 5.69 Å². The van der Waals surface area contributed by atoms with Gasteiger partial charge in [-0.25, -0.2) is 0 Å². The number of carbonyl (C=O) groups is 1. The maximum Gasteiger partial charge on any atom is 0.258 e. The molecule has 0 spiro atoms. The van der Waals surface area contributed by atoms with Gasteiger partial charge in [-0.05, 0) is 55.3 Å². The fourth-order valence-electron chi connectivity index (χ4n) is 4.21. The minimum atomic E-state index is 0.0534. The number of rotatable bonds is 4. The van der Waals surface area contributed by atoms with Crippen LogP contribution in [-0.2, 0) is 0 Å². The third-order valence-electron chi connectivity index (χ3n) is 6.32. The lowest BCUT2D eigenvalue weighted by Gasteiger charge is -2.37. The Balaban J connectivity index is 1.24. The Hall–Kier alpha value is -3.93. The van der Waals surface area contributed by atoms with Crippen molar-refractivity contribution in [2.45, 2.75) is 13.8 Å². The number of hydrogen-bond donors (Lipinski definition) is 0.